The highest BCUT2D eigenvalue weighted by molar-refractivity contribution is 6.09. The minimum atomic E-state index is -0.311. The zero-order valence-corrected chi connectivity index (χ0v) is 17.0. The highest BCUT2D eigenvalue weighted by atomic mass is 16.5. The van der Waals surface area contributed by atoms with Crippen LogP contribution in [0, 0.1) is 10.8 Å². The molecule has 1 unspecified atom stereocenters. The van der Waals surface area contributed by atoms with Crippen molar-refractivity contribution in [1.82, 2.24) is 5.32 Å². The van der Waals surface area contributed by atoms with Crippen molar-refractivity contribution in [3.05, 3.63) is 29.5 Å². The van der Waals surface area contributed by atoms with Gasteiger partial charge in [0.15, 0.2) is 0 Å². The van der Waals surface area contributed by atoms with Crippen molar-refractivity contribution < 1.29 is 9.84 Å². The van der Waals surface area contributed by atoms with Crippen LogP contribution in [0.5, 0.6) is 5.75 Å². The first-order chi connectivity index (χ1) is 12.9. The fraction of sp³-hybridized carbons (Fsp3) is 0.591. The number of aliphatic hydroxyl groups is 1. The monoisotopic (exact) mass is 371 g/mol. The van der Waals surface area contributed by atoms with Gasteiger partial charge < -0.3 is 25.5 Å². The summed E-state index contributed by atoms with van der Waals surface area (Å²) in [5.41, 5.74) is 3.89. The molecule has 1 saturated carbocycles. The van der Waals surface area contributed by atoms with E-state index in [2.05, 4.69) is 36.3 Å². The maximum atomic E-state index is 9.62. The van der Waals surface area contributed by atoms with Crippen LogP contribution in [0.1, 0.15) is 51.2 Å². The van der Waals surface area contributed by atoms with Crippen LogP contribution in [0.2, 0.25) is 0 Å². The average molecular weight is 372 g/mol. The Morgan fingerprint density at radius 1 is 1.37 bits per heavy atom. The molecule has 0 saturated heterocycles. The predicted octanol–water partition coefficient (Wildman–Crippen LogP) is 3.60. The molecule has 1 aliphatic heterocycles. The lowest BCUT2D eigenvalue weighted by atomic mass is 9.91. The van der Waals surface area contributed by atoms with Crippen LogP contribution in [-0.4, -0.2) is 43.7 Å². The number of aliphatic hydroxyl groups excluding tert-OH is 1. The molecule has 0 aromatic heterocycles. The normalized spacial score (nSPS) is 20.3. The van der Waals surface area contributed by atoms with Crippen LogP contribution >= 0.6 is 0 Å². The van der Waals surface area contributed by atoms with Gasteiger partial charge in [0.25, 0.3) is 0 Å². The summed E-state index contributed by atoms with van der Waals surface area (Å²) in [6.07, 6.45) is 7.79. The van der Waals surface area contributed by atoms with Crippen LogP contribution in [0.3, 0.4) is 0 Å². The van der Waals surface area contributed by atoms with Gasteiger partial charge in [-0.1, -0.05) is 13.8 Å². The van der Waals surface area contributed by atoms with Gasteiger partial charge in [0.1, 0.15) is 5.75 Å². The number of anilines is 1. The molecule has 1 aromatic rings. The number of hydrogen-bond acceptors (Lipinski definition) is 5. The number of allylic oxidation sites excluding steroid dienone is 1. The summed E-state index contributed by atoms with van der Waals surface area (Å²) < 4.78 is 6.32. The summed E-state index contributed by atoms with van der Waals surface area (Å²) in [5, 5.41) is 20.9. The van der Waals surface area contributed by atoms with Gasteiger partial charge in [-0.25, -0.2) is 0 Å². The molecule has 0 amide bonds. The van der Waals surface area contributed by atoms with Crippen molar-refractivity contribution in [2.45, 2.75) is 58.5 Å². The van der Waals surface area contributed by atoms with E-state index in [-0.39, 0.29) is 12.0 Å². The van der Waals surface area contributed by atoms with E-state index in [1.54, 1.807) is 0 Å². The molecular formula is C22H33N3O2. The van der Waals surface area contributed by atoms with E-state index in [0.717, 1.165) is 29.7 Å². The number of rotatable bonds is 8. The van der Waals surface area contributed by atoms with E-state index in [1.165, 1.54) is 30.3 Å². The third kappa shape index (κ3) is 4.46. The zero-order chi connectivity index (χ0) is 19.6. The van der Waals surface area contributed by atoms with Gasteiger partial charge >= 0.3 is 0 Å². The van der Waals surface area contributed by atoms with E-state index in [4.69, 9.17) is 10.1 Å². The second kappa shape index (κ2) is 7.93. The molecule has 0 radical (unpaired) electrons. The first-order valence-corrected chi connectivity index (χ1v) is 9.95. The minimum absolute atomic E-state index is 0.0742. The van der Waals surface area contributed by atoms with Crippen molar-refractivity contribution in [2.24, 2.45) is 5.41 Å². The molecular weight excluding hydrogens is 338 g/mol. The lowest BCUT2D eigenvalue weighted by Crippen LogP contribution is -2.34. The number of nitrogens with zero attached hydrogens (tertiary/aromatic N) is 1. The second-order valence-electron chi connectivity index (χ2n) is 8.73. The highest BCUT2D eigenvalue weighted by Gasteiger charge is 2.27. The maximum Gasteiger partial charge on any atom is 0.132 e. The quantitative estimate of drug-likeness (QED) is 0.611. The summed E-state index contributed by atoms with van der Waals surface area (Å²) >= 11 is 0. The van der Waals surface area contributed by atoms with Crippen molar-refractivity contribution >= 4 is 17.5 Å². The summed E-state index contributed by atoms with van der Waals surface area (Å²) in [4.78, 5) is 2.31. The molecule has 5 nitrogen and oxygen atoms in total. The van der Waals surface area contributed by atoms with Crippen LogP contribution in [0.15, 0.2) is 18.3 Å². The van der Waals surface area contributed by atoms with Gasteiger partial charge in [-0.2, -0.15) is 0 Å². The molecule has 148 valence electrons. The standard InChI is InChI=1S/C22H33N3O2/c1-15-5-8-19-20(25(15)4)10-9-18(16(11-23)12-24-17-6-7-17)21(19)27-14-22(2,3)13-26/h9-12,15,17,23-24,26H,5-8,13-14H2,1-4H3/b16-12+,23-11?. The fourth-order valence-corrected chi connectivity index (χ4v) is 3.33. The summed E-state index contributed by atoms with van der Waals surface area (Å²) in [6.45, 7) is 6.75. The van der Waals surface area contributed by atoms with Crippen LogP contribution < -0.4 is 15.0 Å². The van der Waals surface area contributed by atoms with Gasteiger partial charge in [0.05, 0.1) is 13.2 Å². The molecule has 3 N–H and O–H groups in total. The molecule has 1 aromatic carbocycles. The van der Waals surface area contributed by atoms with E-state index in [0.29, 0.717) is 18.7 Å². The molecule has 1 aliphatic carbocycles. The summed E-state index contributed by atoms with van der Waals surface area (Å²) in [6, 6.07) is 5.26. The maximum absolute atomic E-state index is 9.62. The second-order valence-corrected chi connectivity index (χ2v) is 8.73. The number of hydrogen-bond donors (Lipinski definition) is 3. The third-order valence-corrected chi connectivity index (χ3v) is 5.64. The number of fused-ring (bicyclic) bond motifs is 1. The molecule has 27 heavy (non-hydrogen) atoms. The predicted molar refractivity (Wildman–Crippen MR) is 112 cm³/mol. The molecule has 1 atom stereocenters. The first kappa shape index (κ1) is 19.7. The van der Waals surface area contributed by atoms with Crippen LogP contribution in [-0.2, 0) is 6.42 Å². The third-order valence-electron chi connectivity index (χ3n) is 5.64. The van der Waals surface area contributed by atoms with Gasteiger partial charge in [0, 0.05) is 59.3 Å². The molecule has 0 spiro atoms. The number of ether oxygens (including phenoxy) is 1. The van der Waals surface area contributed by atoms with Gasteiger partial charge in [-0.15, -0.1) is 0 Å². The van der Waals surface area contributed by atoms with Crippen molar-refractivity contribution in [3.63, 3.8) is 0 Å². The SMILES string of the molecule is CC1CCc2c(ccc(/C(C=N)=C/NC3CC3)c2OCC(C)(C)CO)N1C. The average Bonchev–Trinajstić information content (AvgIpc) is 3.48. The Balaban J connectivity index is 2.00. The van der Waals surface area contributed by atoms with Gasteiger partial charge in [-0.3, -0.25) is 0 Å². The van der Waals surface area contributed by atoms with Crippen LogP contribution in [0.25, 0.3) is 5.57 Å². The minimum Gasteiger partial charge on any atom is -0.492 e. The first-order valence-electron chi connectivity index (χ1n) is 9.95. The largest absolute Gasteiger partial charge is 0.492 e. The molecule has 3 rings (SSSR count). The van der Waals surface area contributed by atoms with Gasteiger partial charge in [0.2, 0.25) is 0 Å². The topological polar surface area (TPSA) is 68.6 Å². The highest BCUT2D eigenvalue weighted by Crippen LogP contribution is 2.41. The van der Waals surface area contributed by atoms with Crippen molar-refractivity contribution in [2.75, 3.05) is 25.2 Å². The lowest BCUT2D eigenvalue weighted by molar-refractivity contribution is 0.0968. The molecule has 5 heteroatoms. The summed E-state index contributed by atoms with van der Waals surface area (Å²) in [7, 11) is 2.13. The van der Waals surface area contributed by atoms with E-state index in [9.17, 15) is 5.11 Å². The Bertz CT molecular complexity index is 723. The Morgan fingerprint density at radius 2 is 2.11 bits per heavy atom. The molecule has 0 bridgehead atoms. The molecule has 1 fully saturated rings. The smallest absolute Gasteiger partial charge is 0.132 e. The Kier molecular flexibility index (Phi) is 5.80. The number of nitrogens with one attached hydrogen (secondary N) is 2. The Morgan fingerprint density at radius 3 is 2.74 bits per heavy atom. The van der Waals surface area contributed by atoms with Crippen LogP contribution in [0.4, 0.5) is 5.69 Å². The zero-order valence-electron chi connectivity index (χ0n) is 17.0. The van der Waals surface area contributed by atoms with Gasteiger partial charge in [-0.05, 0) is 44.7 Å². The Hall–Kier alpha value is -2.01. The van der Waals surface area contributed by atoms with E-state index < -0.39 is 0 Å². The van der Waals surface area contributed by atoms with Crippen molar-refractivity contribution in [3.8, 4) is 5.75 Å². The summed E-state index contributed by atoms with van der Waals surface area (Å²) in [5.74, 6) is 0.861. The van der Waals surface area contributed by atoms with Crippen molar-refractivity contribution in [1.29, 1.82) is 5.41 Å². The van der Waals surface area contributed by atoms with E-state index in [1.807, 2.05) is 20.0 Å². The lowest BCUT2D eigenvalue weighted by Gasteiger charge is -2.36. The number of benzene rings is 1. The van der Waals surface area contributed by atoms with E-state index >= 15 is 0 Å². The fourth-order valence-electron chi connectivity index (χ4n) is 3.33. The molecule has 1 heterocycles. The molecule has 2 aliphatic rings. The Labute approximate surface area is 162 Å².